The third kappa shape index (κ3) is 6.22. The number of benzene rings is 1. The van der Waals surface area contributed by atoms with E-state index in [1.807, 2.05) is 12.1 Å². The standard InChI is InChI=1S/C17H27N3O3S/c1-3-20-12-9-16(10-13-20)19-17(21)15-6-4-14(5-7-15)8-11-18-24(2,22)23/h4-7,16,18H,3,8-13H2,1-2H3,(H,19,21). The van der Waals surface area contributed by atoms with Crippen molar-refractivity contribution in [3.05, 3.63) is 35.4 Å². The lowest BCUT2D eigenvalue weighted by atomic mass is 10.0. The van der Waals surface area contributed by atoms with E-state index >= 15 is 0 Å². The second-order valence-corrected chi connectivity index (χ2v) is 8.13. The van der Waals surface area contributed by atoms with E-state index in [1.54, 1.807) is 12.1 Å². The number of rotatable bonds is 7. The van der Waals surface area contributed by atoms with Gasteiger partial charge in [0.25, 0.3) is 5.91 Å². The minimum Gasteiger partial charge on any atom is -0.349 e. The summed E-state index contributed by atoms with van der Waals surface area (Å²) in [6, 6.07) is 7.59. The molecule has 0 spiro atoms. The molecular weight excluding hydrogens is 326 g/mol. The van der Waals surface area contributed by atoms with Crippen LogP contribution in [0.25, 0.3) is 0 Å². The fraction of sp³-hybridized carbons (Fsp3) is 0.588. The van der Waals surface area contributed by atoms with Crippen LogP contribution < -0.4 is 10.0 Å². The SMILES string of the molecule is CCN1CCC(NC(=O)c2ccc(CCNS(C)(=O)=O)cc2)CC1. The molecule has 0 unspecified atom stereocenters. The van der Waals surface area contributed by atoms with Crippen molar-refractivity contribution >= 4 is 15.9 Å². The van der Waals surface area contributed by atoms with E-state index in [1.165, 1.54) is 0 Å². The van der Waals surface area contributed by atoms with E-state index in [-0.39, 0.29) is 11.9 Å². The summed E-state index contributed by atoms with van der Waals surface area (Å²) in [5.41, 5.74) is 1.65. The highest BCUT2D eigenvalue weighted by Gasteiger charge is 2.20. The van der Waals surface area contributed by atoms with Crippen molar-refractivity contribution in [2.24, 2.45) is 0 Å². The molecule has 1 amide bonds. The zero-order valence-electron chi connectivity index (χ0n) is 14.4. The molecule has 134 valence electrons. The number of carbonyl (C=O) groups excluding carboxylic acids is 1. The highest BCUT2D eigenvalue weighted by molar-refractivity contribution is 7.88. The first-order valence-corrected chi connectivity index (χ1v) is 10.3. The lowest BCUT2D eigenvalue weighted by molar-refractivity contribution is 0.0912. The summed E-state index contributed by atoms with van der Waals surface area (Å²) in [5, 5.41) is 3.11. The zero-order valence-corrected chi connectivity index (χ0v) is 15.2. The van der Waals surface area contributed by atoms with E-state index < -0.39 is 10.0 Å². The smallest absolute Gasteiger partial charge is 0.251 e. The number of nitrogens with one attached hydrogen (secondary N) is 2. The van der Waals surface area contributed by atoms with E-state index in [2.05, 4.69) is 21.9 Å². The topological polar surface area (TPSA) is 78.5 Å². The van der Waals surface area contributed by atoms with Crippen molar-refractivity contribution in [3.63, 3.8) is 0 Å². The predicted octanol–water partition coefficient (Wildman–Crippen LogP) is 0.992. The van der Waals surface area contributed by atoms with Gasteiger partial charge in [0, 0.05) is 31.2 Å². The van der Waals surface area contributed by atoms with Crippen LogP contribution in [-0.4, -0.2) is 57.7 Å². The van der Waals surface area contributed by atoms with E-state index in [4.69, 9.17) is 0 Å². The Morgan fingerprint density at radius 2 is 1.83 bits per heavy atom. The average molecular weight is 353 g/mol. The van der Waals surface area contributed by atoms with Gasteiger partial charge in [-0.3, -0.25) is 4.79 Å². The van der Waals surface area contributed by atoms with Gasteiger partial charge in [-0.05, 0) is 43.5 Å². The van der Waals surface area contributed by atoms with Crippen molar-refractivity contribution in [2.75, 3.05) is 32.4 Å². The normalized spacial score (nSPS) is 16.9. The lowest BCUT2D eigenvalue weighted by Crippen LogP contribution is -2.44. The first-order chi connectivity index (χ1) is 11.4. The van der Waals surface area contributed by atoms with Gasteiger partial charge in [0.15, 0.2) is 0 Å². The van der Waals surface area contributed by atoms with Crippen LogP contribution in [0.4, 0.5) is 0 Å². The zero-order chi connectivity index (χ0) is 17.6. The molecule has 2 N–H and O–H groups in total. The lowest BCUT2D eigenvalue weighted by Gasteiger charge is -2.31. The molecule has 1 saturated heterocycles. The fourth-order valence-electron chi connectivity index (χ4n) is 2.87. The maximum Gasteiger partial charge on any atom is 0.251 e. The average Bonchev–Trinajstić information content (AvgIpc) is 2.55. The minimum absolute atomic E-state index is 0.0363. The highest BCUT2D eigenvalue weighted by Crippen LogP contribution is 2.11. The summed E-state index contributed by atoms with van der Waals surface area (Å²) in [6.07, 6.45) is 3.74. The largest absolute Gasteiger partial charge is 0.349 e. The predicted molar refractivity (Wildman–Crippen MR) is 95.6 cm³/mol. The van der Waals surface area contributed by atoms with Crippen LogP contribution in [0, 0.1) is 0 Å². The Morgan fingerprint density at radius 3 is 2.38 bits per heavy atom. The van der Waals surface area contributed by atoms with Crippen LogP contribution in [0.5, 0.6) is 0 Å². The number of amides is 1. The van der Waals surface area contributed by atoms with Gasteiger partial charge in [-0.1, -0.05) is 19.1 Å². The molecule has 0 radical (unpaired) electrons. The van der Waals surface area contributed by atoms with Crippen molar-refractivity contribution in [3.8, 4) is 0 Å². The molecule has 1 aromatic rings. The Balaban J connectivity index is 1.81. The summed E-state index contributed by atoms with van der Waals surface area (Å²) in [6.45, 7) is 5.66. The summed E-state index contributed by atoms with van der Waals surface area (Å²) in [5.74, 6) is -0.0363. The molecule has 0 atom stereocenters. The second kappa shape index (κ2) is 8.60. The number of sulfonamides is 1. The third-order valence-corrected chi connectivity index (χ3v) is 5.09. The van der Waals surface area contributed by atoms with Gasteiger partial charge in [-0.15, -0.1) is 0 Å². The first kappa shape index (κ1) is 18.9. The highest BCUT2D eigenvalue weighted by atomic mass is 32.2. The molecule has 0 saturated carbocycles. The van der Waals surface area contributed by atoms with Crippen LogP contribution in [0.2, 0.25) is 0 Å². The summed E-state index contributed by atoms with van der Waals surface area (Å²) < 4.78 is 24.5. The van der Waals surface area contributed by atoms with Gasteiger partial charge in [-0.25, -0.2) is 13.1 Å². The van der Waals surface area contributed by atoms with Crippen molar-refractivity contribution in [2.45, 2.75) is 32.2 Å². The van der Waals surface area contributed by atoms with E-state index in [0.717, 1.165) is 44.3 Å². The van der Waals surface area contributed by atoms with Gasteiger partial charge >= 0.3 is 0 Å². The third-order valence-electron chi connectivity index (χ3n) is 4.36. The summed E-state index contributed by atoms with van der Waals surface area (Å²) >= 11 is 0. The maximum absolute atomic E-state index is 12.3. The van der Waals surface area contributed by atoms with Crippen LogP contribution in [-0.2, 0) is 16.4 Å². The summed E-state index contributed by atoms with van der Waals surface area (Å²) in [7, 11) is -3.16. The molecule has 6 nitrogen and oxygen atoms in total. The number of likely N-dealkylation sites (tertiary alicyclic amines) is 1. The molecule has 0 aliphatic carbocycles. The summed E-state index contributed by atoms with van der Waals surface area (Å²) in [4.78, 5) is 14.7. The monoisotopic (exact) mass is 353 g/mol. The Labute approximate surface area is 144 Å². The molecule has 0 bridgehead atoms. The molecule has 7 heteroatoms. The molecule has 2 rings (SSSR count). The Kier molecular flexibility index (Phi) is 6.77. The van der Waals surface area contributed by atoms with Crippen LogP contribution in [0.3, 0.4) is 0 Å². The number of nitrogens with zero attached hydrogens (tertiary/aromatic N) is 1. The fourth-order valence-corrected chi connectivity index (χ4v) is 3.34. The number of hydrogen-bond acceptors (Lipinski definition) is 4. The van der Waals surface area contributed by atoms with Crippen molar-refractivity contribution in [1.29, 1.82) is 0 Å². The van der Waals surface area contributed by atoms with Crippen LogP contribution >= 0.6 is 0 Å². The molecule has 24 heavy (non-hydrogen) atoms. The van der Waals surface area contributed by atoms with Crippen molar-refractivity contribution < 1.29 is 13.2 Å². The first-order valence-electron chi connectivity index (χ1n) is 8.44. The van der Waals surface area contributed by atoms with Gasteiger partial charge in [0.1, 0.15) is 0 Å². The van der Waals surface area contributed by atoms with Gasteiger partial charge in [-0.2, -0.15) is 0 Å². The van der Waals surface area contributed by atoms with E-state index in [0.29, 0.717) is 18.5 Å². The molecule has 1 aliphatic rings. The Hall–Kier alpha value is -1.44. The van der Waals surface area contributed by atoms with Gasteiger partial charge < -0.3 is 10.2 Å². The van der Waals surface area contributed by atoms with E-state index in [9.17, 15) is 13.2 Å². The Bertz CT molecular complexity index is 636. The quantitative estimate of drug-likeness (QED) is 0.766. The number of carbonyl (C=O) groups is 1. The van der Waals surface area contributed by atoms with Crippen molar-refractivity contribution in [1.82, 2.24) is 14.9 Å². The Morgan fingerprint density at radius 1 is 1.21 bits per heavy atom. The number of hydrogen-bond donors (Lipinski definition) is 2. The second-order valence-electron chi connectivity index (χ2n) is 6.30. The van der Waals surface area contributed by atoms with Crippen LogP contribution in [0.15, 0.2) is 24.3 Å². The number of piperidine rings is 1. The molecule has 1 heterocycles. The van der Waals surface area contributed by atoms with Gasteiger partial charge in [0.2, 0.25) is 10.0 Å². The maximum atomic E-state index is 12.3. The molecule has 1 aromatic carbocycles. The molecule has 0 aromatic heterocycles. The minimum atomic E-state index is -3.16. The molecular formula is C17H27N3O3S. The molecule has 1 aliphatic heterocycles. The van der Waals surface area contributed by atoms with Gasteiger partial charge in [0.05, 0.1) is 6.26 Å². The molecule has 1 fully saturated rings. The van der Waals surface area contributed by atoms with Crippen LogP contribution in [0.1, 0.15) is 35.7 Å².